The van der Waals surface area contributed by atoms with Crippen LogP contribution in [0.5, 0.6) is 0 Å². The number of rotatable bonds is 6. The number of anilines is 2. The molecule has 2 amide bonds. The molecule has 10 heteroatoms. The minimum atomic E-state index is -0.496. The molecule has 1 heterocycles. The van der Waals surface area contributed by atoms with Crippen molar-refractivity contribution in [1.82, 2.24) is 10.2 Å². The van der Waals surface area contributed by atoms with E-state index in [-0.39, 0.29) is 23.3 Å². The second kappa shape index (κ2) is 9.07. The molecule has 0 aliphatic heterocycles. The van der Waals surface area contributed by atoms with Crippen molar-refractivity contribution in [1.29, 1.82) is 0 Å². The van der Waals surface area contributed by atoms with Crippen molar-refractivity contribution in [2.75, 3.05) is 16.4 Å². The number of amides is 2. The number of hydrogen-bond donors (Lipinski definition) is 2. The molecule has 0 spiro atoms. The van der Waals surface area contributed by atoms with E-state index in [0.717, 1.165) is 27.6 Å². The summed E-state index contributed by atoms with van der Waals surface area (Å²) in [7, 11) is 0. The zero-order valence-corrected chi connectivity index (χ0v) is 16.8. The number of carbonyl (C=O) groups excluding carboxylic acids is 2. The Kier molecular flexibility index (Phi) is 6.54. The highest BCUT2D eigenvalue weighted by Gasteiger charge is 2.13. The number of nitrogens with one attached hydrogen (secondary N) is 2. The Morgan fingerprint density at radius 1 is 1.11 bits per heavy atom. The largest absolute Gasteiger partial charge is 0.323 e. The van der Waals surface area contributed by atoms with Gasteiger partial charge in [0.1, 0.15) is 5.82 Å². The summed E-state index contributed by atoms with van der Waals surface area (Å²) in [5.74, 6) is -1.12. The van der Waals surface area contributed by atoms with Crippen LogP contribution in [-0.4, -0.2) is 27.8 Å². The minimum Gasteiger partial charge on any atom is -0.323 e. The van der Waals surface area contributed by atoms with Gasteiger partial charge in [0.15, 0.2) is 4.34 Å². The van der Waals surface area contributed by atoms with Crippen LogP contribution in [0.2, 0.25) is 0 Å². The summed E-state index contributed by atoms with van der Waals surface area (Å²) in [5.41, 5.74) is 0.611. The first-order valence-electron chi connectivity index (χ1n) is 7.59. The normalized spacial score (nSPS) is 10.4. The van der Waals surface area contributed by atoms with E-state index in [9.17, 15) is 14.0 Å². The van der Waals surface area contributed by atoms with Crippen molar-refractivity contribution in [3.63, 3.8) is 0 Å². The number of benzene rings is 2. The van der Waals surface area contributed by atoms with E-state index < -0.39 is 5.82 Å². The number of hydrogen-bond acceptors (Lipinski definition) is 6. The van der Waals surface area contributed by atoms with E-state index in [1.165, 1.54) is 12.1 Å². The minimum absolute atomic E-state index is 0.0442. The topological polar surface area (TPSA) is 84.0 Å². The summed E-state index contributed by atoms with van der Waals surface area (Å²) < 4.78 is 14.8. The van der Waals surface area contributed by atoms with Crippen LogP contribution in [0.3, 0.4) is 0 Å². The maximum Gasteiger partial charge on any atom is 0.257 e. The maximum absolute atomic E-state index is 13.5. The molecule has 0 fully saturated rings. The highest BCUT2D eigenvalue weighted by molar-refractivity contribution is 9.10. The molecule has 0 saturated heterocycles. The van der Waals surface area contributed by atoms with Crippen molar-refractivity contribution in [3.8, 4) is 0 Å². The van der Waals surface area contributed by atoms with Gasteiger partial charge >= 0.3 is 0 Å². The molecular formula is C17H12BrFN4O2S2. The van der Waals surface area contributed by atoms with Crippen LogP contribution in [0.25, 0.3) is 0 Å². The third kappa shape index (κ3) is 5.59. The first kappa shape index (κ1) is 19.5. The Hall–Kier alpha value is -2.30. The lowest BCUT2D eigenvalue weighted by atomic mass is 10.2. The van der Waals surface area contributed by atoms with Gasteiger partial charge in [-0.3, -0.25) is 14.9 Å². The lowest BCUT2D eigenvalue weighted by Crippen LogP contribution is -2.14. The van der Waals surface area contributed by atoms with E-state index in [4.69, 9.17) is 0 Å². The molecule has 138 valence electrons. The number of para-hydroxylation sites is 1. The molecule has 6 nitrogen and oxygen atoms in total. The molecule has 0 saturated carbocycles. The Bertz CT molecular complexity index is 983. The second-order valence-electron chi connectivity index (χ2n) is 5.15. The van der Waals surface area contributed by atoms with Gasteiger partial charge in [-0.2, -0.15) is 0 Å². The standard InChI is InChI=1S/C17H12BrFN4O2S2/c18-11-5-3-4-10(8-11)15(25)21-16-22-23-17(27-16)26-9-14(24)20-13-7-2-1-6-12(13)19/h1-8H,9H2,(H,20,24)(H,21,22,25). The van der Waals surface area contributed by atoms with Crippen molar-refractivity contribution in [3.05, 3.63) is 64.4 Å². The molecule has 2 aromatic carbocycles. The molecule has 0 bridgehead atoms. The van der Waals surface area contributed by atoms with Gasteiger partial charge in [-0.1, -0.05) is 57.2 Å². The van der Waals surface area contributed by atoms with Crippen molar-refractivity contribution >= 4 is 61.7 Å². The monoisotopic (exact) mass is 466 g/mol. The fourth-order valence-electron chi connectivity index (χ4n) is 1.99. The summed E-state index contributed by atoms with van der Waals surface area (Å²) in [6, 6.07) is 12.9. The fraction of sp³-hybridized carbons (Fsp3) is 0.0588. The van der Waals surface area contributed by atoms with Crippen LogP contribution in [-0.2, 0) is 4.79 Å². The lowest BCUT2D eigenvalue weighted by molar-refractivity contribution is -0.113. The van der Waals surface area contributed by atoms with E-state index in [2.05, 4.69) is 36.8 Å². The molecule has 0 unspecified atom stereocenters. The van der Waals surface area contributed by atoms with E-state index in [0.29, 0.717) is 15.0 Å². The van der Waals surface area contributed by atoms with Crippen LogP contribution in [0.4, 0.5) is 15.2 Å². The molecule has 3 rings (SSSR count). The summed E-state index contributed by atoms with van der Waals surface area (Å²) >= 11 is 5.62. The van der Waals surface area contributed by atoms with Crippen LogP contribution < -0.4 is 10.6 Å². The number of nitrogens with zero attached hydrogens (tertiary/aromatic N) is 2. The predicted octanol–water partition coefficient (Wildman–Crippen LogP) is 4.42. The van der Waals surface area contributed by atoms with Crippen LogP contribution in [0.1, 0.15) is 10.4 Å². The molecule has 0 atom stereocenters. The smallest absolute Gasteiger partial charge is 0.257 e. The summed E-state index contributed by atoms with van der Waals surface area (Å²) in [6.07, 6.45) is 0. The molecule has 1 aromatic heterocycles. The summed E-state index contributed by atoms with van der Waals surface area (Å²) in [5, 5.41) is 13.3. The quantitative estimate of drug-likeness (QED) is 0.414. The molecule has 0 radical (unpaired) electrons. The molecule has 0 aliphatic carbocycles. The van der Waals surface area contributed by atoms with Crippen LogP contribution in [0, 0.1) is 5.82 Å². The van der Waals surface area contributed by atoms with Gasteiger partial charge in [0.2, 0.25) is 11.0 Å². The van der Waals surface area contributed by atoms with Gasteiger partial charge in [-0.25, -0.2) is 4.39 Å². The molecule has 0 aliphatic rings. The Balaban J connectivity index is 1.53. The highest BCUT2D eigenvalue weighted by atomic mass is 79.9. The van der Waals surface area contributed by atoms with Gasteiger partial charge in [0, 0.05) is 10.0 Å². The first-order chi connectivity index (χ1) is 13.0. The van der Waals surface area contributed by atoms with Crippen LogP contribution >= 0.6 is 39.0 Å². The van der Waals surface area contributed by atoms with Crippen molar-refractivity contribution < 1.29 is 14.0 Å². The Morgan fingerprint density at radius 3 is 2.70 bits per heavy atom. The van der Waals surface area contributed by atoms with Gasteiger partial charge in [0.05, 0.1) is 11.4 Å². The lowest BCUT2D eigenvalue weighted by Gasteiger charge is -2.04. The summed E-state index contributed by atoms with van der Waals surface area (Å²) in [4.78, 5) is 24.1. The number of thioether (sulfide) groups is 1. The first-order valence-corrected chi connectivity index (χ1v) is 10.2. The number of carbonyl (C=O) groups is 2. The van der Waals surface area contributed by atoms with Crippen LogP contribution in [0.15, 0.2) is 57.3 Å². The van der Waals surface area contributed by atoms with Crippen molar-refractivity contribution in [2.24, 2.45) is 0 Å². The molecule has 3 aromatic rings. The van der Waals surface area contributed by atoms with E-state index >= 15 is 0 Å². The van der Waals surface area contributed by atoms with E-state index in [1.807, 2.05) is 6.07 Å². The predicted molar refractivity (Wildman–Crippen MR) is 108 cm³/mol. The SMILES string of the molecule is O=C(CSc1nnc(NC(=O)c2cccc(Br)c2)s1)Nc1ccccc1F. The van der Waals surface area contributed by atoms with Gasteiger partial charge in [-0.05, 0) is 30.3 Å². The maximum atomic E-state index is 13.5. The molecule has 27 heavy (non-hydrogen) atoms. The third-order valence-corrected chi connectivity index (χ3v) is 5.65. The molecular weight excluding hydrogens is 455 g/mol. The van der Waals surface area contributed by atoms with Gasteiger partial charge < -0.3 is 5.32 Å². The second-order valence-corrected chi connectivity index (χ2v) is 8.27. The van der Waals surface area contributed by atoms with E-state index in [1.54, 1.807) is 30.3 Å². The average molecular weight is 467 g/mol. The Morgan fingerprint density at radius 2 is 1.93 bits per heavy atom. The summed E-state index contributed by atoms with van der Waals surface area (Å²) in [6.45, 7) is 0. The van der Waals surface area contributed by atoms with Gasteiger partial charge in [-0.15, -0.1) is 10.2 Å². The Labute approximate surface area is 170 Å². The van der Waals surface area contributed by atoms with Crippen molar-refractivity contribution in [2.45, 2.75) is 4.34 Å². The average Bonchev–Trinajstić information content (AvgIpc) is 3.09. The fourth-order valence-corrected chi connectivity index (χ4v) is 3.94. The zero-order valence-electron chi connectivity index (χ0n) is 13.6. The molecule has 2 N–H and O–H groups in total. The number of aromatic nitrogens is 2. The third-order valence-electron chi connectivity index (χ3n) is 3.19. The number of halogens is 2. The highest BCUT2D eigenvalue weighted by Crippen LogP contribution is 2.26. The zero-order chi connectivity index (χ0) is 19.2. The van der Waals surface area contributed by atoms with Gasteiger partial charge in [0.25, 0.3) is 5.91 Å².